The lowest BCUT2D eigenvalue weighted by molar-refractivity contribution is 0.487. The molecule has 0 aliphatic rings. The second-order valence-corrected chi connectivity index (χ2v) is 4.60. The minimum absolute atomic E-state index is 0.0501. The molecule has 100 valence electrons. The largest absolute Gasteiger partial charge is 0.320 e. The van der Waals surface area contributed by atoms with E-state index in [4.69, 9.17) is 5.73 Å². The Morgan fingerprint density at radius 3 is 2.16 bits per heavy atom. The number of benzene rings is 2. The van der Waals surface area contributed by atoms with Crippen molar-refractivity contribution in [1.29, 1.82) is 0 Å². The molecular formula is C15H14F3N. The molecular weight excluding hydrogens is 251 g/mol. The summed E-state index contributed by atoms with van der Waals surface area (Å²) in [6.45, 7) is 3.20. The Bertz CT molecular complexity index is 623. The Balaban J connectivity index is 2.50. The first-order valence-electron chi connectivity index (χ1n) is 5.88. The minimum Gasteiger partial charge on any atom is -0.320 e. The average molecular weight is 265 g/mol. The van der Waals surface area contributed by atoms with Crippen molar-refractivity contribution in [2.75, 3.05) is 0 Å². The molecule has 2 aromatic carbocycles. The van der Waals surface area contributed by atoms with Crippen LogP contribution in [0.15, 0.2) is 30.3 Å². The van der Waals surface area contributed by atoms with Crippen molar-refractivity contribution < 1.29 is 13.2 Å². The van der Waals surface area contributed by atoms with Gasteiger partial charge < -0.3 is 5.73 Å². The van der Waals surface area contributed by atoms with E-state index in [0.717, 1.165) is 5.56 Å². The fraction of sp³-hybridized carbons (Fsp3) is 0.200. The molecule has 0 aromatic heterocycles. The Labute approximate surface area is 109 Å². The average Bonchev–Trinajstić information content (AvgIpc) is 2.35. The Hall–Kier alpha value is -1.81. The van der Waals surface area contributed by atoms with E-state index in [1.807, 2.05) is 0 Å². The highest BCUT2D eigenvalue weighted by Crippen LogP contribution is 2.27. The van der Waals surface area contributed by atoms with Gasteiger partial charge >= 0.3 is 0 Å². The molecule has 1 atom stereocenters. The third-order valence-corrected chi connectivity index (χ3v) is 3.13. The number of rotatable bonds is 2. The van der Waals surface area contributed by atoms with E-state index in [0.29, 0.717) is 0 Å². The van der Waals surface area contributed by atoms with Crippen LogP contribution >= 0.6 is 0 Å². The zero-order valence-electron chi connectivity index (χ0n) is 10.7. The summed E-state index contributed by atoms with van der Waals surface area (Å²) in [5, 5.41) is 0. The van der Waals surface area contributed by atoms with Crippen LogP contribution in [0.4, 0.5) is 13.2 Å². The van der Waals surface area contributed by atoms with Gasteiger partial charge in [0.1, 0.15) is 5.82 Å². The monoisotopic (exact) mass is 265 g/mol. The number of aryl methyl sites for hydroxylation is 2. The summed E-state index contributed by atoms with van der Waals surface area (Å²) in [4.78, 5) is 0. The van der Waals surface area contributed by atoms with Crippen molar-refractivity contribution in [1.82, 2.24) is 0 Å². The van der Waals surface area contributed by atoms with Gasteiger partial charge in [-0.15, -0.1) is 0 Å². The predicted octanol–water partition coefficient (Wildman–Crippen LogP) is 3.77. The van der Waals surface area contributed by atoms with E-state index in [1.165, 1.54) is 31.2 Å². The number of halogens is 3. The molecule has 0 aliphatic heterocycles. The summed E-state index contributed by atoms with van der Waals surface area (Å²) in [7, 11) is 0. The molecule has 0 aliphatic carbocycles. The van der Waals surface area contributed by atoms with Crippen LogP contribution in [0.1, 0.15) is 28.3 Å². The topological polar surface area (TPSA) is 26.0 Å². The van der Waals surface area contributed by atoms with Crippen LogP contribution in [-0.4, -0.2) is 0 Å². The molecule has 1 nitrogen and oxygen atoms in total. The van der Waals surface area contributed by atoms with Gasteiger partial charge in [-0.3, -0.25) is 0 Å². The van der Waals surface area contributed by atoms with Gasteiger partial charge in [-0.2, -0.15) is 0 Å². The van der Waals surface area contributed by atoms with Crippen LogP contribution in [0.3, 0.4) is 0 Å². The lowest BCUT2D eigenvalue weighted by atomic mass is 9.96. The Morgan fingerprint density at radius 2 is 1.53 bits per heavy atom. The highest BCUT2D eigenvalue weighted by molar-refractivity contribution is 5.36. The van der Waals surface area contributed by atoms with Crippen LogP contribution < -0.4 is 5.73 Å². The van der Waals surface area contributed by atoms with Crippen molar-refractivity contribution in [2.45, 2.75) is 19.9 Å². The summed E-state index contributed by atoms with van der Waals surface area (Å²) >= 11 is 0. The van der Waals surface area contributed by atoms with Crippen LogP contribution in [0.25, 0.3) is 0 Å². The number of hydrogen-bond donors (Lipinski definition) is 1. The Kier molecular flexibility index (Phi) is 3.62. The van der Waals surface area contributed by atoms with E-state index in [9.17, 15) is 13.2 Å². The summed E-state index contributed by atoms with van der Waals surface area (Å²) in [6.07, 6.45) is 0. The number of nitrogens with two attached hydrogens (primary N) is 1. The van der Waals surface area contributed by atoms with E-state index >= 15 is 0 Å². The molecule has 4 heteroatoms. The maximum atomic E-state index is 13.8. The van der Waals surface area contributed by atoms with Gasteiger partial charge in [-0.25, -0.2) is 13.2 Å². The maximum Gasteiger partial charge on any atom is 0.164 e. The molecule has 0 bridgehead atoms. The standard InChI is InChI=1S/C15H14F3N/c1-8-3-5-10(12(16)7-8)15(19)11-6-4-9(2)13(17)14(11)18/h3-7,15H,19H2,1-2H3. The molecule has 2 N–H and O–H groups in total. The van der Waals surface area contributed by atoms with Gasteiger partial charge in [0, 0.05) is 11.1 Å². The highest BCUT2D eigenvalue weighted by Gasteiger charge is 2.20. The summed E-state index contributed by atoms with van der Waals surface area (Å²) < 4.78 is 41.1. The van der Waals surface area contributed by atoms with Gasteiger partial charge in [0.25, 0.3) is 0 Å². The smallest absolute Gasteiger partial charge is 0.164 e. The van der Waals surface area contributed by atoms with Crippen molar-refractivity contribution in [3.8, 4) is 0 Å². The van der Waals surface area contributed by atoms with Crippen LogP contribution in [0.5, 0.6) is 0 Å². The van der Waals surface area contributed by atoms with Gasteiger partial charge in [0.15, 0.2) is 11.6 Å². The summed E-state index contributed by atoms with van der Waals surface area (Å²) in [6, 6.07) is 6.28. The zero-order valence-corrected chi connectivity index (χ0v) is 10.7. The normalized spacial score (nSPS) is 12.5. The second-order valence-electron chi connectivity index (χ2n) is 4.60. The third kappa shape index (κ3) is 2.49. The minimum atomic E-state index is -1.03. The van der Waals surface area contributed by atoms with Gasteiger partial charge in [-0.05, 0) is 31.0 Å². The molecule has 0 heterocycles. The number of hydrogen-bond acceptors (Lipinski definition) is 1. The lowest BCUT2D eigenvalue weighted by Crippen LogP contribution is -2.16. The van der Waals surface area contributed by atoms with Crippen molar-refractivity contribution in [3.63, 3.8) is 0 Å². The van der Waals surface area contributed by atoms with E-state index in [1.54, 1.807) is 13.0 Å². The summed E-state index contributed by atoms with van der Waals surface area (Å²) in [5.74, 6) is -2.49. The van der Waals surface area contributed by atoms with Gasteiger partial charge in [0.05, 0.1) is 6.04 Å². The molecule has 2 rings (SSSR count). The van der Waals surface area contributed by atoms with Crippen LogP contribution in [0, 0.1) is 31.3 Å². The zero-order chi connectivity index (χ0) is 14.2. The Morgan fingerprint density at radius 1 is 0.895 bits per heavy atom. The molecule has 0 saturated carbocycles. The first-order valence-corrected chi connectivity index (χ1v) is 5.88. The molecule has 0 radical (unpaired) electrons. The molecule has 0 amide bonds. The van der Waals surface area contributed by atoms with Crippen molar-refractivity contribution >= 4 is 0 Å². The molecule has 1 unspecified atom stereocenters. The van der Waals surface area contributed by atoms with E-state index in [-0.39, 0.29) is 16.7 Å². The first kappa shape index (κ1) is 13.6. The van der Waals surface area contributed by atoms with Gasteiger partial charge in [-0.1, -0.05) is 24.3 Å². The fourth-order valence-electron chi connectivity index (χ4n) is 1.95. The predicted molar refractivity (Wildman–Crippen MR) is 68.3 cm³/mol. The third-order valence-electron chi connectivity index (χ3n) is 3.13. The van der Waals surface area contributed by atoms with Gasteiger partial charge in [0.2, 0.25) is 0 Å². The molecule has 19 heavy (non-hydrogen) atoms. The van der Waals surface area contributed by atoms with E-state index < -0.39 is 23.5 Å². The highest BCUT2D eigenvalue weighted by atomic mass is 19.2. The van der Waals surface area contributed by atoms with Crippen LogP contribution in [-0.2, 0) is 0 Å². The second kappa shape index (κ2) is 5.05. The van der Waals surface area contributed by atoms with E-state index in [2.05, 4.69) is 0 Å². The maximum absolute atomic E-state index is 13.8. The lowest BCUT2D eigenvalue weighted by Gasteiger charge is -2.15. The fourth-order valence-corrected chi connectivity index (χ4v) is 1.95. The van der Waals surface area contributed by atoms with Crippen LogP contribution in [0.2, 0.25) is 0 Å². The molecule has 0 fully saturated rings. The summed E-state index contributed by atoms with van der Waals surface area (Å²) in [5.41, 5.74) is 6.87. The quantitative estimate of drug-likeness (QED) is 0.878. The molecule has 0 saturated heterocycles. The molecule has 2 aromatic rings. The van der Waals surface area contributed by atoms with Crippen molar-refractivity contribution in [3.05, 3.63) is 70.0 Å². The van der Waals surface area contributed by atoms with Crippen molar-refractivity contribution in [2.24, 2.45) is 5.73 Å². The SMILES string of the molecule is Cc1ccc(C(N)c2ccc(C)c(F)c2F)c(F)c1. The first-order chi connectivity index (χ1) is 8.91. The molecule has 0 spiro atoms.